The molecule has 0 spiro atoms. The van der Waals surface area contributed by atoms with Crippen LogP contribution in [-0.4, -0.2) is 12.9 Å². The third-order valence-electron chi connectivity index (χ3n) is 6.11. The van der Waals surface area contributed by atoms with Crippen molar-refractivity contribution in [1.29, 1.82) is 0 Å². The molecule has 190 valence electrons. The van der Waals surface area contributed by atoms with Crippen LogP contribution in [0.3, 0.4) is 0 Å². The molecule has 0 radical (unpaired) electrons. The number of hydrogen-bond acceptors (Lipinski definition) is 3. The van der Waals surface area contributed by atoms with Crippen molar-refractivity contribution < 1.29 is 18.7 Å². The summed E-state index contributed by atoms with van der Waals surface area (Å²) < 4.78 is 26.3. The number of halogens is 1. The summed E-state index contributed by atoms with van der Waals surface area (Å²) >= 11 is 0. The SMILES string of the molecule is COc1ccc(F)c(-c2cc(COc3ccc([C@@H](C=C(C)C)CC(C)=O)cc3)ccc2C(C)(C)C)c1. The zero-order valence-electron chi connectivity index (χ0n) is 22.4. The van der Waals surface area contributed by atoms with E-state index < -0.39 is 0 Å². The smallest absolute Gasteiger partial charge is 0.131 e. The van der Waals surface area contributed by atoms with Gasteiger partial charge in [-0.25, -0.2) is 4.39 Å². The Balaban J connectivity index is 1.86. The van der Waals surface area contributed by atoms with E-state index in [1.54, 1.807) is 26.2 Å². The molecule has 0 aliphatic heterocycles. The molecule has 0 bridgehead atoms. The van der Waals surface area contributed by atoms with Crippen molar-refractivity contribution in [2.24, 2.45) is 0 Å². The first kappa shape index (κ1) is 27.2. The molecule has 0 unspecified atom stereocenters. The predicted molar refractivity (Wildman–Crippen MR) is 145 cm³/mol. The van der Waals surface area contributed by atoms with Gasteiger partial charge in [-0.15, -0.1) is 0 Å². The van der Waals surface area contributed by atoms with Gasteiger partial charge in [-0.1, -0.05) is 56.7 Å². The second-order valence-electron chi connectivity index (χ2n) is 10.6. The first-order chi connectivity index (χ1) is 17.0. The van der Waals surface area contributed by atoms with Crippen molar-refractivity contribution in [2.75, 3.05) is 7.11 Å². The Labute approximate surface area is 215 Å². The molecule has 0 saturated carbocycles. The van der Waals surface area contributed by atoms with E-state index in [0.29, 0.717) is 24.3 Å². The lowest BCUT2D eigenvalue weighted by atomic mass is 9.81. The third kappa shape index (κ3) is 7.07. The van der Waals surface area contributed by atoms with Gasteiger partial charge in [0.1, 0.15) is 29.7 Å². The van der Waals surface area contributed by atoms with Crippen molar-refractivity contribution in [2.45, 2.75) is 65.9 Å². The second kappa shape index (κ2) is 11.6. The highest BCUT2D eigenvalue weighted by Crippen LogP contribution is 2.37. The quantitative estimate of drug-likeness (QED) is 0.284. The Hall–Kier alpha value is -3.40. The summed E-state index contributed by atoms with van der Waals surface area (Å²) in [5, 5.41) is 0. The fourth-order valence-electron chi connectivity index (χ4n) is 4.36. The number of benzene rings is 3. The summed E-state index contributed by atoms with van der Waals surface area (Å²) in [6, 6.07) is 18.8. The molecule has 0 amide bonds. The number of Topliss-reactive ketones (excluding diaryl/α,β-unsaturated/α-hetero) is 1. The fourth-order valence-corrected chi connectivity index (χ4v) is 4.36. The fraction of sp³-hybridized carbons (Fsp3) is 0.344. The highest BCUT2D eigenvalue weighted by Gasteiger charge is 2.21. The zero-order valence-corrected chi connectivity index (χ0v) is 22.4. The van der Waals surface area contributed by atoms with E-state index in [9.17, 15) is 9.18 Å². The molecule has 3 rings (SSSR count). The molecule has 1 atom stereocenters. The Morgan fingerprint density at radius 1 is 0.917 bits per heavy atom. The van der Waals surface area contributed by atoms with Crippen LogP contribution >= 0.6 is 0 Å². The number of ether oxygens (including phenoxy) is 2. The zero-order chi connectivity index (χ0) is 26.5. The van der Waals surface area contributed by atoms with Gasteiger partial charge in [-0.2, -0.15) is 0 Å². The van der Waals surface area contributed by atoms with Gasteiger partial charge in [0, 0.05) is 17.9 Å². The average Bonchev–Trinajstić information content (AvgIpc) is 2.81. The van der Waals surface area contributed by atoms with E-state index in [2.05, 4.69) is 32.9 Å². The van der Waals surface area contributed by atoms with E-state index >= 15 is 0 Å². The minimum absolute atomic E-state index is 0.0619. The summed E-state index contributed by atoms with van der Waals surface area (Å²) in [7, 11) is 1.58. The van der Waals surface area contributed by atoms with Crippen molar-refractivity contribution >= 4 is 5.78 Å². The van der Waals surface area contributed by atoms with Gasteiger partial charge < -0.3 is 9.47 Å². The molecule has 36 heavy (non-hydrogen) atoms. The summed E-state index contributed by atoms with van der Waals surface area (Å²) in [6.07, 6.45) is 2.61. The Morgan fingerprint density at radius 2 is 1.58 bits per heavy atom. The topological polar surface area (TPSA) is 35.5 Å². The van der Waals surface area contributed by atoms with Crippen molar-refractivity contribution in [3.63, 3.8) is 0 Å². The van der Waals surface area contributed by atoms with Crippen LogP contribution in [0.2, 0.25) is 0 Å². The van der Waals surface area contributed by atoms with Crippen LogP contribution in [0.1, 0.15) is 70.6 Å². The second-order valence-corrected chi connectivity index (χ2v) is 10.6. The highest BCUT2D eigenvalue weighted by atomic mass is 19.1. The molecular weight excluding hydrogens is 451 g/mol. The number of rotatable bonds is 9. The van der Waals surface area contributed by atoms with E-state index in [1.807, 2.05) is 50.2 Å². The van der Waals surface area contributed by atoms with E-state index in [4.69, 9.17) is 9.47 Å². The van der Waals surface area contributed by atoms with E-state index in [0.717, 1.165) is 28.0 Å². The van der Waals surface area contributed by atoms with E-state index in [-0.39, 0.29) is 22.9 Å². The third-order valence-corrected chi connectivity index (χ3v) is 6.11. The van der Waals surface area contributed by atoms with Crippen molar-refractivity contribution in [3.05, 3.63) is 94.8 Å². The summed E-state index contributed by atoms with van der Waals surface area (Å²) in [5.41, 5.74) is 5.46. The van der Waals surface area contributed by atoms with Crippen LogP contribution in [0.5, 0.6) is 11.5 Å². The Morgan fingerprint density at radius 3 is 2.17 bits per heavy atom. The van der Waals surface area contributed by atoms with Gasteiger partial charge in [-0.05, 0) is 84.8 Å². The monoisotopic (exact) mass is 488 g/mol. The Kier molecular flexibility index (Phi) is 8.73. The maximum Gasteiger partial charge on any atom is 0.131 e. The van der Waals surface area contributed by atoms with Crippen LogP contribution < -0.4 is 9.47 Å². The number of carbonyl (C=O) groups is 1. The summed E-state index contributed by atoms with van der Waals surface area (Å²) in [5.74, 6) is 1.30. The van der Waals surface area contributed by atoms with Gasteiger partial charge in [0.2, 0.25) is 0 Å². The lowest BCUT2D eigenvalue weighted by Crippen LogP contribution is -2.13. The molecule has 3 aromatic carbocycles. The molecule has 0 heterocycles. The molecule has 0 N–H and O–H groups in total. The molecule has 0 aliphatic rings. The van der Waals surface area contributed by atoms with Gasteiger partial charge in [0.05, 0.1) is 7.11 Å². The average molecular weight is 489 g/mol. The van der Waals surface area contributed by atoms with Crippen molar-refractivity contribution in [3.8, 4) is 22.6 Å². The number of ketones is 1. The lowest BCUT2D eigenvalue weighted by Gasteiger charge is -2.24. The maximum absolute atomic E-state index is 14.9. The molecular formula is C32H37FO3. The predicted octanol–water partition coefficient (Wildman–Crippen LogP) is 8.41. The van der Waals surface area contributed by atoms with Crippen LogP contribution in [0.4, 0.5) is 4.39 Å². The minimum atomic E-state index is -0.286. The van der Waals surface area contributed by atoms with Crippen molar-refractivity contribution in [1.82, 2.24) is 0 Å². The first-order valence-corrected chi connectivity index (χ1v) is 12.3. The standard InChI is InChI=1S/C32H37FO3/c1-21(2)16-25(17-22(3)34)24-9-11-26(12-10-24)36-20-23-8-14-30(32(4,5)6)28(18-23)29-19-27(35-7)13-15-31(29)33/h8-16,18-19,25H,17,20H2,1-7H3/t25-/m0/s1. The minimum Gasteiger partial charge on any atom is -0.497 e. The number of carbonyl (C=O) groups excluding carboxylic acids is 1. The van der Waals surface area contributed by atoms with Crippen LogP contribution in [0, 0.1) is 5.82 Å². The molecule has 0 fully saturated rings. The molecule has 0 aliphatic carbocycles. The molecule has 3 aromatic rings. The molecule has 0 aromatic heterocycles. The normalized spacial score (nSPS) is 12.1. The maximum atomic E-state index is 14.9. The first-order valence-electron chi connectivity index (χ1n) is 12.3. The van der Waals surface area contributed by atoms with Crippen LogP contribution in [0.25, 0.3) is 11.1 Å². The van der Waals surface area contributed by atoms with Crippen LogP contribution in [0.15, 0.2) is 72.3 Å². The number of allylic oxidation sites excluding steroid dienone is 2. The molecule has 3 nitrogen and oxygen atoms in total. The van der Waals surface area contributed by atoms with Gasteiger partial charge in [0.15, 0.2) is 0 Å². The lowest BCUT2D eigenvalue weighted by molar-refractivity contribution is -0.117. The number of hydrogen-bond donors (Lipinski definition) is 0. The van der Waals surface area contributed by atoms with Crippen LogP contribution in [-0.2, 0) is 16.8 Å². The molecule has 4 heteroatoms. The molecule has 0 saturated heterocycles. The number of methoxy groups -OCH3 is 1. The van der Waals surface area contributed by atoms with Gasteiger partial charge in [-0.3, -0.25) is 4.79 Å². The summed E-state index contributed by atoms with van der Waals surface area (Å²) in [4.78, 5) is 11.7. The highest BCUT2D eigenvalue weighted by molar-refractivity contribution is 5.77. The largest absolute Gasteiger partial charge is 0.497 e. The van der Waals surface area contributed by atoms with Gasteiger partial charge >= 0.3 is 0 Å². The van der Waals surface area contributed by atoms with E-state index in [1.165, 1.54) is 11.6 Å². The summed E-state index contributed by atoms with van der Waals surface area (Å²) in [6.45, 7) is 12.4. The van der Waals surface area contributed by atoms with Gasteiger partial charge in [0.25, 0.3) is 0 Å². The Bertz CT molecular complexity index is 1230.